The lowest BCUT2D eigenvalue weighted by Gasteiger charge is -2.32. The minimum Gasteiger partial charge on any atom is -0.461 e. The van der Waals surface area contributed by atoms with Gasteiger partial charge in [0.05, 0.1) is 24.2 Å². The molecule has 1 aliphatic heterocycles. The van der Waals surface area contributed by atoms with Crippen LogP contribution < -0.4 is 0 Å². The van der Waals surface area contributed by atoms with Crippen LogP contribution in [0.25, 0.3) is 0 Å². The Morgan fingerprint density at radius 1 is 1.14 bits per heavy atom. The van der Waals surface area contributed by atoms with E-state index in [1.165, 1.54) is 12.3 Å². The standard InChI is InChI=1S/C21H15ClN2O4/c1-2-28-21(27)15-10-14-16(17(24-15)11-5-7-12(22)8-6-11)19(25)13-4-3-9-23-18(13)20(14)26/h3-10,14,16H,2H2,1H3. The molecule has 1 aromatic carbocycles. The number of aromatic nitrogens is 1. The highest BCUT2D eigenvalue weighted by atomic mass is 35.5. The number of hydrogen-bond acceptors (Lipinski definition) is 6. The fourth-order valence-electron chi connectivity index (χ4n) is 3.50. The Morgan fingerprint density at radius 3 is 2.61 bits per heavy atom. The van der Waals surface area contributed by atoms with Crippen LogP contribution in [0, 0.1) is 11.8 Å². The van der Waals surface area contributed by atoms with Gasteiger partial charge in [-0.25, -0.2) is 9.79 Å². The first kappa shape index (κ1) is 18.3. The molecule has 1 aromatic heterocycles. The van der Waals surface area contributed by atoms with Crippen molar-refractivity contribution in [3.63, 3.8) is 0 Å². The van der Waals surface area contributed by atoms with Gasteiger partial charge in [-0.3, -0.25) is 14.6 Å². The van der Waals surface area contributed by atoms with Gasteiger partial charge >= 0.3 is 5.97 Å². The SMILES string of the molecule is CCOC(=O)C1=CC2C(=O)c3ncccc3C(=O)C2C(c2ccc(Cl)cc2)=N1. The number of allylic oxidation sites excluding steroid dienone is 1. The molecule has 2 atom stereocenters. The van der Waals surface area contributed by atoms with Crippen molar-refractivity contribution < 1.29 is 19.1 Å². The van der Waals surface area contributed by atoms with Crippen molar-refractivity contribution in [2.75, 3.05) is 6.61 Å². The van der Waals surface area contributed by atoms with Crippen LogP contribution in [0.3, 0.4) is 0 Å². The summed E-state index contributed by atoms with van der Waals surface area (Å²) in [5.74, 6) is -2.90. The number of carbonyl (C=O) groups is 3. The molecule has 0 saturated carbocycles. The third kappa shape index (κ3) is 2.96. The molecule has 0 fully saturated rings. The number of pyridine rings is 1. The molecule has 0 spiro atoms. The number of halogens is 1. The lowest BCUT2D eigenvalue weighted by Crippen LogP contribution is -2.43. The molecule has 4 rings (SSSR count). The number of carbonyl (C=O) groups excluding carboxylic acids is 3. The van der Waals surface area contributed by atoms with Gasteiger partial charge in [0.1, 0.15) is 11.4 Å². The number of fused-ring (bicyclic) bond motifs is 2. The van der Waals surface area contributed by atoms with Crippen molar-refractivity contribution in [3.8, 4) is 0 Å². The summed E-state index contributed by atoms with van der Waals surface area (Å²) in [6, 6.07) is 9.96. The largest absolute Gasteiger partial charge is 0.461 e. The van der Waals surface area contributed by atoms with Gasteiger partial charge in [-0.05, 0) is 42.8 Å². The Balaban J connectivity index is 1.89. The number of ketones is 2. The van der Waals surface area contributed by atoms with Gasteiger partial charge in [-0.1, -0.05) is 23.7 Å². The van der Waals surface area contributed by atoms with Crippen molar-refractivity contribution in [1.82, 2.24) is 4.98 Å². The van der Waals surface area contributed by atoms with Crippen LogP contribution in [0.2, 0.25) is 5.02 Å². The summed E-state index contributed by atoms with van der Waals surface area (Å²) >= 11 is 5.97. The van der Waals surface area contributed by atoms with Crippen LogP contribution in [-0.4, -0.2) is 34.8 Å². The predicted octanol–water partition coefficient (Wildman–Crippen LogP) is 3.30. The summed E-state index contributed by atoms with van der Waals surface area (Å²) in [6.45, 7) is 1.86. The maximum Gasteiger partial charge on any atom is 0.356 e. The van der Waals surface area contributed by atoms with Gasteiger partial charge in [0.2, 0.25) is 0 Å². The molecule has 2 aromatic rings. The number of rotatable bonds is 3. The smallest absolute Gasteiger partial charge is 0.356 e. The van der Waals surface area contributed by atoms with Crippen LogP contribution in [0.15, 0.2) is 59.4 Å². The van der Waals surface area contributed by atoms with E-state index in [4.69, 9.17) is 16.3 Å². The second kappa shape index (κ2) is 7.13. The van der Waals surface area contributed by atoms with Gasteiger partial charge < -0.3 is 4.74 Å². The number of benzene rings is 1. The van der Waals surface area contributed by atoms with Crippen LogP contribution in [0.4, 0.5) is 0 Å². The minimum absolute atomic E-state index is 0.00795. The van der Waals surface area contributed by atoms with Gasteiger partial charge in [-0.15, -0.1) is 0 Å². The molecule has 2 heterocycles. The van der Waals surface area contributed by atoms with Crippen LogP contribution in [0.5, 0.6) is 0 Å². The van der Waals surface area contributed by atoms with Gasteiger partial charge in [0.25, 0.3) is 0 Å². The first-order valence-corrected chi connectivity index (χ1v) is 9.16. The summed E-state index contributed by atoms with van der Waals surface area (Å²) in [6.07, 6.45) is 2.89. The zero-order valence-corrected chi connectivity index (χ0v) is 15.6. The molecule has 7 heteroatoms. The van der Waals surface area contributed by atoms with E-state index in [2.05, 4.69) is 9.98 Å². The van der Waals surface area contributed by atoms with Crippen molar-refractivity contribution >= 4 is 34.8 Å². The zero-order chi connectivity index (χ0) is 19.8. The highest BCUT2D eigenvalue weighted by Crippen LogP contribution is 2.37. The number of ether oxygens (including phenoxy) is 1. The van der Waals surface area contributed by atoms with Crippen molar-refractivity contribution in [1.29, 1.82) is 0 Å². The van der Waals surface area contributed by atoms with Crippen LogP contribution >= 0.6 is 11.6 Å². The maximum atomic E-state index is 13.2. The van der Waals surface area contributed by atoms with Crippen LogP contribution in [0.1, 0.15) is 33.3 Å². The summed E-state index contributed by atoms with van der Waals surface area (Å²) in [5.41, 5.74) is 1.35. The van der Waals surface area contributed by atoms with E-state index in [0.717, 1.165) is 0 Å². The Kier molecular flexibility index (Phi) is 4.65. The van der Waals surface area contributed by atoms with Crippen LogP contribution in [-0.2, 0) is 9.53 Å². The molecule has 6 nitrogen and oxygen atoms in total. The Labute approximate surface area is 165 Å². The molecule has 0 amide bonds. The second-order valence-corrected chi connectivity index (χ2v) is 6.84. The van der Waals surface area contributed by atoms with E-state index in [1.807, 2.05) is 0 Å². The second-order valence-electron chi connectivity index (χ2n) is 6.41. The number of nitrogens with zero attached hydrogens (tertiary/aromatic N) is 2. The first-order valence-electron chi connectivity index (χ1n) is 8.78. The number of aliphatic imine (C=N–C) groups is 1. The summed E-state index contributed by atoms with van der Waals surface area (Å²) in [5, 5.41) is 0.526. The molecule has 2 aliphatic rings. The van der Waals surface area contributed by atoms with E-state index >= 15 is 0 Å². The van der Waals surface area contributed by atoms with Crippen molar-refractivity contribution in [2.45, 2.75) is 6.92 Å². The van der Waals surface area contributed by atoms with Crippen molar-refractivity contribution in [2.24, 2.45) is 16.8 Å². The van der Waals surface area contributed by atoms with Gasteiger partial charge in [0, 0.05) is 16.8 Å². The monoisotopic (exact) mass is 394 g/mol. The van der Waals surface area contributed by atoms with E-state index in [1.54, 1.807) is 43.3 Å². The van der Waals surface area contributed by atoms with E-state index in [-0.39, 0.29) is 35.1 Å². The van der Waals surface area contributed by atoms with E-state index in [0.29, 0.717) is 16.3 Å². The third-order valence-corrected chi connectivity index (χ3v) is 5.00. The minimum atomic E-state index is -0.863. The molecule has 28 heavy (non-hydrogen) atoms. The van der Waals surface area contributed by atoms with Crippen molar-refractivity contribution in [3.05, 3.63) is 76.2 Å². The average Bonchev–Trinajstić information content (AvgIpc) is 2.72. The molecular formula is C21H15ClN2O4. The number of esters is 1. The molecule has 140 valence electrons. The summed E-state index contributed by atoms with van der Waals surface area (Å²) in [7, 11) is 0. The molecular weight excluding hydrogens is 380 g/mol. The number of hydrogen-bond donors (Lipinski definition) is 0. The zero-order valence-electron chi connectivity index (χ0n) is 14.9. The fourth-order valence-corrected chi connectivity index (χ4v) is 3.62. The Bertz CT molecular complexity index is 1060. The topological polar surface area (TPSA) is 85.7 Å². The van der Waals surface area contributed by atoms with E-state index in [9.17, 15) is 14.4 Å². The molecule has 0 radical (unpaired) electrons. The summed E-state index contributed by atoms with van der Waals surface area (Å²) < 4.78 is 5.05. The highest BCUT2D eigenvalue weighted by molar-refractivity contribution is 6.31. The Morgan fingerprint density at radius 2 is 1.89 bits per heavy atom. The molecule has 1 aliphatic carbocycles. The third-order valence-electron chi connectivity index (χ3n) is 4.75. The predicted molar refractivity (Wildman–Crippen MR) is 103 cm³/mol. The average molecular weight is 395 g/mol. The normalized spacial score (nSPS) is 20.6. The highest BCUT2D eigenvalue weighted by Gasteiger charge is 2.46. The number of Topliss-reactive ketones (excluding diaryl/α,β-unsaturated/α-hetero) is 2. The maximum absolute atomic E-state index is 13.2. The van der Waals surface area contributed by atoms with Gasteiger partial charge in [0.15, 0.2) is 11.6 Å². The summed E-state index contributed by atoms with van der Waals surface area (Å²) in [4.78, 5) is 47.1. The lowest BCUT2D eigenvalue weighted by molar-refractivity contribution is -0.138. The molecule has 0 N–H and O–H groups in total. The quantitative estimate of drug-likeness (QED) is 0.745. The fraction of sp³-hybridized carbons (Fsp3) is 0.190. The lowest BCUT2D eigenvalue weighted by atomic mass is 9.70. The molecule has 0 bridgehead atoms. The first-order chi connectivity index (χ1) is 13.5. The molecule has 2 unspecified atom stereocenters. The molecule has 0 saturated heterocycles. The van der Waals surface area contributed by atoms with E-state index < -0.39 is 17.8 Å². The van der Waals surface area contributed by atoms with Gasteiger partial charge in [-0.2, -0.15) is 0 Å². The Hall–Kier alpha value is -3.12.